The summed E-state index contributed by atoms with van der Waals surface area (Å²) in [5, 5.41) is 3.49. The van der Waals surface area contributed by atoms with Gasteiger partial charge in [0, 0.05) is 6.54 Å². The third-order valence-electron chi connectivity index (χ3n) is 8.57. The van der Waals surface area contributed by atoms with E-state index in [0.717, 1.165) is 71.1 Å². The van der Waals surface area contributed by atoms with Gasteiger partial charge in [-0.05, 0) is 60.4 Å². The van der Waals surface area contributed by atoms with Crippen LogP contribution in [0.25, 0.3) is 33.6 Å². The molecule has 2 aliphatic rings. The zero-order valence-corrected chi connectivity index (χ0v) is 24.7. The molecule has 0 spiro atoms. The Hall–Kier alpha value is -4.28. The number of hydrogen-bond donors (Lipinski definition) is 4. The summed E-state index contributed by atoms with van der Waals surface area (Å²) in [6.07, 6.45) is 7.65. The monoisotopic (exact) mass is 581 g/mol. The lowest BCUT2D eigenvalue weighted by Gasteiger charge is -2.28. The number of hydrogen-bond acceptors (Lipinski definition) is 7. The van der Waals surface area contributed by atoms with Gasteiger partial charge in [-0.25, -0.2) is 9.97 Å². The maximum Gasteiger partial charge on any atom is 0.320 e. The highest BCUT2D eigenvalue weighted by Gasteiger charge is 2.40. The van der Waals surface area contributed by atoms with Crippen molar-refractivity contribution in [3.63, 3.8) is 0 Å². The van der Waals surface area contributed by atoms with Crippen LogP contribution in [0.4, 0.5) is 0 Å². The van der Waals surface area contributed by atoms with Crippen molar-refractivity contribution in [2.45, 2.75) is 51.6 Å². The quantitative estimate of drug-likeness (QED) is 0.124. The molecule has 3 atom stereocenters. The maximum atomic E-state index is 13.4. The van der Waals surface area contributed by atoms with E-state index in [0.29, 0.717) is 12.6 Å². The highest BCUT2D eigenvalue weighted by atomic mass is 16.5. The predicted molar refractivity (Wildman–Crippen MR) is 164 cm³/mol. The summed E-state index contributed by atoms with van der Waals surface area (Å²) in [5.41, 5.74) is 11.7. The van der Waals surface area contributed by atoms with E-state index >= 15 is 0 Å². The number of carbonyl (C=O) groups excluding carboxylic acids is 2. The predicted octanol–water partition coefficient (Wildman–Crippen LogP) is 4.95. The number of aromatic nitrogens is 4. The molecule has 4 heterocycles. The number of H-pyrrole nitrogens is 2. The van der Waals surface area contributed by atoms with Crippen molar-refractivity contribution in [2.24, 2.45) is 17.6 Å². The molecule has 2 fully saturated rings. The lowest BCUT2D eigenvalue weighted by Crippen LogP contribution is -2.42. The van der Waals surface area contributed by atoms with E-state index in [1.165, 1.54) is 6.42 Å². The van der Waals surface area contributed by atoms with Crippen molar-refractivity contribution in [2.75, 3.05) is 19.8 Å². The molecule has 1 amide bonds. The first-order chi connectivity index (χ1) is 20.9. The fourth-order valence-electron chi connectivity index (χ4n) is 6.24. The summed E-state index contributed by atoms with van der Waals surface area (Å²) in [5.74, 6) is -0.161. The molecule has 10 heteroatoms. The number of esters is 1. The lowest BCUT2D eigenvalue weighted by atomic mass is 9.94. The molecule has 0 unspecified atom stereocenters. The molecular formula is C33H39N7O3. The molecule has 10 nitrogen and oxygen atoms in total. The molecule has 224 valence electrons. The molecule has 4 aromatic rings. The minimum Gasteiger partial charge on any atom is -0.449 e. The Balaban J connectivity index is 1.13. The minimum absolute atomic E-state index is 0.202. The highest BCUT2D eigenvalue weighted by Crippen LogP contribution is 2.34. The highest BCUT2D eigenvalue weighted by molar-refractivity contribution is 5.98. The van der Waals surface area contributed by atoms with Crippen LogP contribution in [0.1, 0.15) is 63.3 Å². The number of rotatable bonds is 9. The third kappa shape index (κ3) is 5.98. The SMILES string of the molecule is CC(C)[C@H](C(=O)OCN)C(=O)N1CCC[C@H]1c1ncc(-c2ccc(-c3ccc(-c4cnc([C@@H]5CCCN5)[nH]4)cc3)cc2)[nH]1. The second-order valence-corrected chi connectivity index (χ2v) is 11.7. The number of carbonyl (C=O) groups is 2. The Labute approximate surface area is 251 Å². The van der Waals surface area contributed by atoms with Gasteiger partial charge in [-0.3, -0.25) is 15.3 Å². The zero-order chi connectivity index (χ0) is 29.9. The fraction of sp³-hybridized carbons (Fsp3) is 0.394. The average Bonchev–Trinajstić information content (AvgIpc) is 3.84. The minimum atomic E-state index is -0.883. The fourth-order valence-corrected chi connectivity index (χ4v) is 6.24. The number of nitrogens with zero attached hydrogens (tertiary/aromatic N) is 3. The molecule has 43 heavy (non-hydrogen) atoms. The van der Waals surface area contributed by atoms with E-state index < -0.39 is 11.9 Å². The molecular weight excluding hydrogens is 542 g/mol. The van der Waals surface area contributed by atoms with Gasteiger partial charge in [0.25, 0.3) is 0 Å². The standard InChI is InChI=1S/C33H39N7O3/c1-20(2)29(33(42)43-19-34)32(41)40-16-4-6-28(40)31-37-18-27(39-31)24-13-9-22(10-14-24)21-7-11-23(12-8-21)26-17-36-30(38-26)25-5-3-15-35-25/h7-14,17-18,20,25,28-29,35H,3-6,15-16,19,34H2,1-2H3,(H,36,38)(H,37,39)/t25-,28-,29-/m0/s1. The summed E-state index contributed by atoms with van der Waals surface area (Å²) in [4.78, 5) is 43.8. The molecule has 0 radical (unpaired) electrons. The van der Waals surface area contributed by atoms with Gasteiger partial charge in [-0.15, -0.1) is 0 Å². The van der Waals surface area contributed by atoms with Crippen LogP contribution in [-0.4, -0.2) is 56.5 Å². The van der Waals surface area contributed by atoms with Crippen LogP contribution >= 0.6 is 0 Å². The topological polar surface area (TPSA) is 142 Å². The van der Waals surface area contributed by atoms with Gasteiger partial charge in [-0.1, -0.05) is 62.4 Å². The summed E-state index contributed by atoms with van der Waals surface area (Å²) >= 11 is 0. The average molecular weight is 582 g/mol. The van der Waals surface area contributed by atoms with Crippen molar-refractivity contribution < 1.29 is 14.3 Å². The Kier molecular flexibility index (Phi) is 8.40. The molecule has 0 aliphatic carbocycles. The number of likely N-dealkylation sites (tertiary alicyclic amines) is 1. The van der Waals surface area contributed by atoms with Gasteiger partial charge in [0.05, 0.1) is 35.9 Å². The molecule has 6 rings (SSSR count). The molecule has 2 saturated heterocycles. The van der Waals surface area contributed by atoms with Crippen LogP contribution in [0.5, 0.6) is 0 Å². The number of imidazole rings is 2. The van der Waals surface area contributed by atoms with E-state index in [1.54, 1.807) is 4.90 Å². The van der Waals surface area contributed by atoms with Crippen LogP contribution in [0, 0.1) is 11.8 Å². The molecule has 0 bridgehead atoms. The van der Waals surface area contributed by atoms with E-state index in [2.05, 4.69) is 73.8 Å². The van der Waals surface area contributed by atoms with E-state index in [9.17, 15) is 9.59 Å². The number of aromatic amines is 2. The van der Waals surface area contributed by atoms with Gasteiger partial charge in [-0.2, -0.15) is 0 Å². The summed E-state index contributed by atoms with van der Waals surface area (Å²) in [6, 6.07) is 17.0. The van der Waals surface area contributed by atoms with Crippen molar-refractivity contribution >= 4 is 11.9 Å². The van der Waals surface area contributed by atoms with Crippen molar-refractivity contribution in [3.8, 4) is 33.6 Å². The Bertz CT molecular complexity index is 1550. The van der Waals surface area contributed by atoms with E-state index in [-0.39, 0.29) is 24.6 Å². The number of nitrogens with two attached hydrogens (primary N) is 1. The van der Waals surface area contributed by atoms with Crippen LogP contribution in [0.3, 0.4) is 0 Å². The van der Waals surface area contributed by atoms with Crippen LogP contribution in [0.2, 0.25) is 0 Å². The Morgan fingerprint density at radius 2 is 1.47 bits per heavy atom. The lowest BCUT2D eigenvalue weighted by molar-refractivity contribution is -0.158. The van der Waals surface area contributed by atoms with Gasteiger partial charge in [0.1, 0.15) is 24.3 Å². The van der Waals surface area contributed by atoms with Gasteiger partial charge in [0.15, 0.2) is 0 Å². The van der Waals surface area contributed by atoms with Crippen LogP contribution in [-0.2, 0) is 14.3 Å². The second kappa shape index (κ2) is 12.5. The normalized spacial score (nSPS) is 19.2. The second-order valence-electron chi connectivity index (χ2n) is 11.7. The van der Waals surface area contributed by atoms with Gasteiger partial charge >= 0.3 is 5.97 Å². The van der Waals surface area contributed by atoms with E-state index in [1.807, 2.05) is 26.2 Å². The number of benzene rings is 2. The third-order valence-corrected chi connectivity index (χ3v) is 8.57. The van der Waals surface area contributed by atoms with E-state index in [4.69, 9.17) is 10.5 Å². The molecule has 2 aromatic carbocycles. The first kappa shape index (κ1) is 28.8. The number of ether oxygens (including phenoxy) is 1. The molecule has 2 aliphatic heterocycles. The summed E-state index contributed by atoms with van der Waals surface area (Å²) in [6.45, 7) is 5.07. The Morgan fingerprint density at radius 1 is 0.884 bits per heavy atom. The smallest absolute Gasteiger partial charge is 0.320 e. The molecule has 0 saturated carbocycles. The summed E-state index contributed by atoms with van der Waals surface area (Å²) < 4.78 is 5.00. The largest absolute Gasteiger partial charge is 0.449 e. The first-order valence-electron chi connectivity index (χ1n) is 15.1. The van der Waals surface area contributed by atoms with Crippen LogP contribution in [0.15, 0.2) is 60.9 Å². The number of nitrogens with one attached hydrogen (secondary N) is 3. The van der Waals surface area contributed by atoms with Crippen molar-refractivity contribution in [1.82, 2.24) is 30.2 Å². The zero-order valence-electron chi connectivity index (χ0n) is 24.7. The van der Waals surface area contributed by atoms with Crippen LogP contribution < -0.4 is 11.1 Å². The maximum absolute atomic E-state index is 13.4. The van der Waals surface area contributed by atoms with Crippen molar-refractivity contribution in [1.29, 1.82) is 0 Å². The Morgan fingerprint density at radius 3 is 2.02 bits per heavy atom. The van der Waals surface area contributed by atoms with Crippen molar-refractivity contribution in [3.05, 3.63) is 72.6 Å². The first-order valence-corrected chi connectivity index (χ1v) is 15.1. The molecule has 2 aromatic heterocycles. The van der Waals surface area contributed by atoms with Gasteiger partial charge in [0.2, 0.25) is 5.91 Å². The summed E-state index contributed by atoms with van der Waals surface area (Å²) in [7, 11) is 0. The number of amides is 1. The molecule has 5 N–H and O–H groups in total. The van der Waals surface area contributed by atoms with Gasteiger partial charge < -0.3 is 24.9 Å².